The highest BCUT2D eigenvalue weighted by Crippen LogP contribution is 2.35. The molecule has 1 aromatic rings. The second-order valence-electron chi connectivity index (χ2n) is 8.13. The summed E-state index contributed by atoms with van der Waals surface area (Å²) in [5, 5.41) is 0. The van der Waals surface area contributed by atoms with Crippen LogP contribution in [0.15, 0.2) is 29.2 Å². The first kappa shape index (κ1) is 20.1. The molecule has 3 fully saturated rings. The highest BCUT2D eigenvalue weighted by Gasteiger charge is 2.32. The van der Waals surface area contributed by atoms with Crippen molar-refractivity contribution in [3.63, 3.8) is 0 Å². The van der Waals surface area contributed by atoms with E-state index in [-0.39, 0.29) is 0 Å². The van der Waals surface area contributed by atoms with Gasteiger partial charge in [-0.1, -0.05) is 12.8 Å². The van der Waals surface area contributed by atoms with Crippen molar-refractivity contribution in [3.8, 4) is 5.75 Å². The van der Waals surface area contributed by atoms with E-state index in [9.17, 15) is 8.42 Å². The van der Waals surface area contributed by atoms with Crippen molar-refractivity contribution >= 4 is 10.0 Å². The van der Waals surface area contributed by atoms with Crippen LogP contribution >= 0.6 is 0 Å². The summed E-state index contributed by atoms with van der Waals surface area (Å²) < 4.78 is 38.0. The van der Waals surface area contributed by atoms with Gasteiger partial charge in [-0.25, -0.2) is 8.42 Å². The Morgan fingerprint density at radius 2 is 1.68 bits per heavy atom. The third-order valence-electron chi connectivity index (χ3n) is 6.44. The van der Waals surface area contributed by atoms with E-state index < -0.39 is 10.0 Å². The zero-order valence-electron chi connectivity index (χ0n) is 16.6. The van der Waals surface area contributed by atoms with E-state index in [1.54, 1.807) is 24.3 Å². The van der Waals surface area contributed by atoms with E-state index in [1.165, 1.54) is 49.4 Å². The first-order chi connectivity index (χ1) is 13.6. The maximum absolute atomic E-state index is 12.7. The lowest BCUT2D eigenvalue weighted by Crippen LogP contribution is -2.48. The molecular weight excluding hydrogens is 376 g/mol. The lowest BCUT2D eigenvalue weighted by Gasteiger charge is -2.44. The lowest BCUT2D eigenvalue weighted by molar-refractivity contribution is 0.0501. The first-order valence-corrected chi connectivity index (χ1v) is 12.1. The fourth-order valence-corrected chi connectivity index (χ4v) is 6.34. The Hall–Kier alpha value is -1.15. The van der Waals surface area contributed by atoms with Gasteiger partial charge in [0.25, 0.3) is 0 Å². The third-order valence-corrected chi connectivity index (χ3v) is 8.35. The molecule has 4 rings (SSSR count). The van der Waals surface area contributed by atoms with Crippen LogP contribution in [0.25, 0.3) is 0 Å². The Balaban J connectivity index is 1.30. The smallest absolute Gasteiger partial charge is 0.243 e. The van der Waals surface area contributed by atoms with E-state index in [4.69, 9.17) is 9.47 Å². The lowest BCUT2D eigenvalue weighted by atomic mass is 9.78. The van der Waals surface area contributed by atoms with Crippen molar-refractivity contribution in [3.05, 3.63) is 24.3 Å². The van der Waals surface area contributed by atoms with Gasteiger partial charge in [0.2, 0.25) is 10.0 Å². The van der Waals surface area contributed by atoms with E-state index in [0.717, 1.165) is 24.3 Å². The number of benzene rings is 1. The second-order valence-corrected chi connectivity index (χ2v) is 10.1. The van der Waals surface area contributed by atoms with Crippen LogP contribution in [0.4, 0.5) is 0 Å². The number of hydrogen-bond donors (Lipinski definition) is 0. The molecule has 2 saturated heterocycles. The molecule has 2 aliphatic heterocycles. The number of hydrogen-bond acceptors (Lipinski definition) is 5. The zero-order valence-corrected chi connectivity index (χ0v) is 17.4. The highest BCUT2D eigenvalue weighted by molar-refractivity contribution is 7.89. The van der Waals surface area contributed by atoms with Gasteiger partial charge in [0, 0.05) is 25.7 Å². The second kappa shape index (κ2) is 9.11. The van der Waals surface area contributed by atoms with Crippen molar-refractivity contribution in [2.45, 2.75) is 49.5 Å². The zero-order chi connectivity index (χ0) is 19.4. The topological polar surface area (TPSA) is 59.1 Å². The van der Waals surface area contributed by atoms with Crippen LogP contribution in [0, 0.1) is 5.92 Å². The number of fused-ring (bicyclic) bond motifs is 1. The summed E-state index contributed by atoms with van der Waals surface area (Å²) in [6.07, 6.45) is 8.17. The van der Waals surface area contributed by atoms with E-state index in [0.29, 0.717) is 37.8 Å². The summed E-state index contributed by atoms with van der Waals surface area (Å²) in [7, 11) is -3.44. The molecule has 0 amide bonds. The molecule has 2 unspecified atom stereocenters. The van der Waals surface area contributed by atoms with Gasteiger partial charge < -0.3 is 9.47 Å². The molecule has 6 nitrogen and oxygen atoms in total. The maximum atomic E-state index is 12.7. The Morgan fingerprint density at radius 3 is 2.46 bits per heavy atom. The molecule has 2 atom stereocenters. The molecule has 2 heterocycles. The van der Waals surface area contributed by atoms with Crippen molar-refractivity contribution < 1.29 is 17.9 Å². The summed E-state index contributed by atoms with van der Waals surface area (Å²) in [6.45, 7) is 4.53. The Labute approximate surface area is 168 Å². The molecule has 1 aromatic carbocycles. The predicted octanol–water partition coefficient (Wildman–Crippen LogP) is 2.74. The van der Waals surface area contributed by atoms with Crippen LogP contribution in [-0.2, 0) is 14.8 Å². The van der Waals surface area contributed by atoms with Crippen LogP contribution in [0.2, 0.25) is 0 Å². The Bertz CT molecular complexity index is 729. The SMILES string of the molecule is O=S(=O)(c1ccc(OCCN2CCCC3CCCCC32)cc1)N1CCOCC1. The van der Waals surface area contributed by atoms with Gasteiger partial charge in [-0.05, 0) is 62.4 Å². The first-order valence-electron chi connectivity index (χ1n) is 10.7. The van der Waals surface area contributed by atoms with Crippen molar-refractivity contribution in [1.82, 2.24) is 9.21 Å². The van der Waals surface area contributed by atoms with Crippen molar-refractivity contribution in [1.29, 1.82) is 0 Å². The van der Waals surface area contributed by atoms with Crippen molar-refractivity contribution in [2.24, 2.45) is 5.92 Å². The van der Waals surface area contributed by atoms with Gasteiger partial charge in [-0.3, -0.25) is 4.90 Å². The van der Waals surface area contributed by atoms with Crippen LogP contribution in [-0.4, -0.2) is 69.7 Å². The van der Waals surface area contributed by atoms with Gasteiger partial charge in [-0.15, -0.1) is 0 Å². The number of piperidine rings is 1. The highest BCUT2D eigenvalue weighted by atomic mass is 32.2. The maximum Gasteiger partial charge on any atom is 0.243 e. The average molecular weight is 409 g/mol. The van der Waals surface area contributed by atoms with Gasteiger partial charge in [0.05, 0.1) is 18.1 Å². The quantitative estimate of drug-likeness (QED) is 0.724. The summed E-state index contributed by atoms with van der Waals surface area (Å²) in [5.74, 6) is 1.62. The van der Waals surface area contributed by atoms with E-state index in [1.807, 2.05) is 0 Å². The molecule has 1 saturated carbocycles. The summed E-state index contributed by atoms with van der Waals surface area (Å²) in [6, 6.07) is 7.59. The van der Waals surface area contributed by atoms with Crippen LogP contribution in [0.3, 0.4) is 0 Å². The summed E-state index contributed by atoms with van der Waals surface area (Å²) >= 11 is 0. The van der Waals surface area contributed by atoms with Gasteiger partial charge in [0.15, 0.2) is 0 Å². The molecular formula is C21H32N2O4S. The van der Waals surface area contributed by atoms with Gasteiger partial charge in [0.1, 0.15) is 12.4 Å². The number of morpholine rings is 1. The summed E-state index contributed by atoms with van der Waals surface area (Å²) in [5.41, 5.74) is 0. The fraction of sp³-hybridized carbons (Fsp3) is 0.714. The van der Waals surface area contributed by atoms with Crippen LogP contribution < -0.4 is 4.74 Å². The predicted molar refractivity (Wildman–Crippen MR) is 108 cm³/mol. The molecule has 7 heteroatoms. The number of nitrogens with zero attached hydrogens (tertiary/aromatic N) is 2. The fourth-order valence-electron chi connectivity index (χ4n) is 4.93. The molecule has 0 aromatic heterocycles. The molecule has 0 bridgehead atoms. The molecule has 1 aliphatic carbocycles. The van der Waals surface area contributed by atoms with E-state index in [2.05, 4.69) is 4.90 Å². The van der Waals surface area contributed by atoms with Gasteiger partial charge >= 0.3 is 0 Å². The van der Waals surface area contributed by atoms with Crippen molar-refractivity contribution in [2.75, 3.05) is 46.0 Å². The minimum atomic E-state index is -3.44. The molecule has 0 spiro atoms. The number of likely N-dealkylation sites (tertiary alicyclic amines) is 1. The molecule has 156 valence electrons. The minimum Gasteiger partial charge on any atom is -0.492 e. The van der Waals surface area contributed by atoms with Crippen LogP contribution in [0.5, 0.6) is 5.75 Å². The summed E-state index contributed by atoms with van der Waals surface area (Å²) in [4.78, 5) is 2.94. The third kappa shape index (κ3) is 4.53. The number of rotatable bonds is 6. The van der Waals surface area contributed by atoms with Crippen LogP contribution in [0.1, 0.15) is 38.5 Å². The Morgan fingerprint density at radius 1 is 0.964 bits per heavy atom. The standard InChI is InChI=1S/C21H32N2O4S/c24-28(25,23-13-15-26-16-14-23)20-9-7-19(8-10-20)27-17-12-22-11-3-5-18-4-1-2-6-21(18)22/h7-10,18,21H,1-6,11-17H2. The van der Waals surface area contributed by atoms with Gasteiger partial charge in [-0.2, -0.15) is 4.31 Å². The Kier molecular flexibility index (Phi) is 6.55. The normalized spacial score (nSPS) is 27.3. The average Bonchev–Trinajstić information content (AvgIpc) is 2.75. The van der Waals surface area contributed by atoms with E-state index >= 15 is 0 Å². The minimum absolute atomic E-state index is 0.322. The molecule has 3 aliphatic rings. The number of ether oxygens (including phenoxy) is 2. The number of sulfonamides is 1. The monoisotopic (exact) mass is 408 g/mol. The molecule has 0 radical (unpaired) electrons. The molecule has 28 heavy (non-hydrogen) atoms. The molecule has 0 N–H and O–H groups in total. The largest absolute Gasteiger partial charge is 0.492 e.